The van der Waals surface area contributed by atoms with Crippen LogP contribution < -0.4 is 0 Å². The molecule has 0 aliphatic heterocycles. The molecule has 0 heterocycles. The Morgan fingerprint density at radius 1 is 1.45 bits per heavy atom. The normalized spacial score (nSPS) is 10.3. The van der Waals surface area contributed by atoms with Crippen LogP contribution in [0, 0.1) is 0 Å². The van der Waals surface area contributed by atoms with Gasteiger partial charge in [0.2, 0.25) is 0 Å². The molecule has 0 aromatic carbocycles. The average molecular weight is 150 g/mol. The van der Waals surface area contributed by atoms with Gasteiger partial charge in [-0.2, -0.15) is 0 Å². The lowest BCUT2D eigenvalue weighted by atomic mass is 10.1. The van der Waals surface area contributed by atoms with Crippen molar-refractivity contribution in [1.82, 2.24) is 0 Å². The topological polar surface area (TPSA) is 0 Å². The van der Waals surface area contributed by atoms with Crippen molar-refractivity contribution < 1.29 is 0 Å². The zero-order valence-electron chi connectivity index (χ0n) is 7.47. The average Bonchev–Trinajstić information content (AvgIpc) is 2.01. The Balaban J connectivity index is 3.36. The van der Waals surface area contributed by atoms with Crippen molar-refractivity contribution in [3.63, 3.8) is 0 Å². The van der Waals surface area contributed by atoms with E-state index in [1.54, 1.807) is 6.08 Å². The van der Waals surface area contributed by atoms with Crippen LogP contribution in [0.5, 0.6) is 0 Å². The lowest BCUT2D eigenvalue weighted by Gasteiger charge is -1.98. The van der Waals surface area contributed by atoms with Gasteiger partial charge in [0.05, 0.1) is 0 Å². The molecule has 0 aliphatic carbocycles. The number of hydrogen-bond acceptors (Lipinski definition) is 0. The molecular formula is C11H18. The summed E-state index contributed by atoms with van der Waals surface area (Å²) in [6, 6.07) is 0. The van der Waals surface area contributed by atoms with Gasteiger partial charge in [0.1, 0.15) is 0 Å². The van der Waals surface area contributed by atoms with E-state index in [9.17, 15) is 0 Å². The highest BCUT2D eigenvalue weighted by atomic mass is 13.9. The summed E-state index contributed by atoms with van der Waals surface area (Å²) in [5.74, 6) is 0. The SMILES string of the molecule is C=CC=CCC(=C)CCCC. The Morgan fingerprint density at radius 2 is 2.18 bits per heavy atom. The van der Waals surface area contributed by atoms with Crippen LogP contribution in [0.25, 0.3) is 0 Å². The third kappa shape index (κ3) is 7.11. The number of rotatable bonds is 6. The van der Waals surface area contributed by atoms with E-state index in [2.05, 4.69) is 26.2 Å². The first-order valence-electron chi connectivity index (χ1n) is 4.25. The van der Waals surface area contributed by atoms with Crippen LogP contribution in [0.4, 0.5) is 0 Å². The van der Waals surface area contributed by atoms with Crippen LogP contribution in [-0.4, -0.2) is 0 Å². The highest BCUT2D eigenvalue weighted by Gasteiger charge is 1.89. The van der Waals surface area contributed by atoms with E-state index in [4.69, 9.17) is 0 Å². The minimum Gasteiger partial charge on any atom is -0.0995 e. The van der Waals surface area contributed by atoms with Crippen LogP contribution >= 0.6 is 0 Å². The van der Waals surface area contributed by atoms with Crippen LogP contribution in [0.3, 0.4) is 0 Å². The van der Waals surface area contributed by atoms with E-state index in [1.165, 1.54) is 18.4 Å². The van der Waals surface area contributed by atoms with Gasteiger partial charge in [-0.15, -0.1) is 0 Å². The van der Waals surface area contributed by atoms with Crippen LogP contribution in [-0.2, 0) is 0 Å². The second-order valence-corrected chi connectivity index (χ2v) is 2.72. The maximum absolute atomic E-state index is 3.98. The molecule has 0 spiro atoms. The van der Waals surface area contributed by atoms with Crippen LogP contribution in [0.1, 0.15) is 32.6 Å². The maximum Gasteiger partial charge on any atom is -0.0138 e. The van der Waals surface area contributed by atoms with E-state index < -0.39 is 0 Å². The predicted octanol–water partition coefficient (Wildman–Crippen LogP) is 3.87. The van der Waals surface area contributed by atoms with Crippen LogP contribution in [0.2, 0.25) is 0 Å². The number of allylic oxidation sites excluding steroid dienone is 4. The lowest BCUT2D eigenvalue weighted by molar-refractivity contribution is 0.778. The standard InChI is InChI=1S/C11H18/c1-4-6-8-10-11(3)9-7-5-2/h4,6,8H,1,3,5,7,9-10H2,2H3. The van der Waals surface area contributed by atoms with Crippen molar-refractivity contribution in [2.24, 2.45) is 0 Å². The van der Waals surface area contributed by atoms with E-state index >= 15 is 0 Å². The molecule has 0 aromatic heterocycles. The first kappa shape index (κ1) is 10.2. The Morgan fingerprint density at radius 3 is 2.73 bits per heavy atom. The second kappa shape index (κ2) is 7.33. The molecule has 0 bridgehead atoms. The summed E-state index contributed by atoms with van der Waals surface area (Å²) in [5, 5.41) is 0. The van der Waals surface area contributed by atoms with Gasteiger partial charge in [0, 0.05) is 0 Å². The summed E-state index contributed by atoms with van der Waals surface area (Å²) in [6.45, 7) is 9.78. The quantitative estimate of drug-likeness (QED) is 0.398. The molecule has 0 aliphatic rings. The summed E-state index contributed by atoms with van der Waals surface area (Å²) in [6.07, 6.45) is 10.6. The first-order valence-corrected chi connectivity index (χ1v) is 4.25. The predicted molar refractivity (Wildman–Crippen MR) is 52.6 cm³/mol. The smallest absolute Gasteiger partial charge is 0.0138 e. The fourth-order valence-corrected chi connectivity index (χ4v) is 0.860. The van der Waals surface area contributed by atoms with Gasteiger partial charge in [0.25, 0.3) is 0 Å². The van der Waals surface area contributed by atoms with Crippen molar-refractivity contribution in [3.8, 4) is 0 Å². The number of hydrogen-bond donors (Lipinski definition) is 0. The van der Waals surface area contributed by atoms with Gasteiger partial charge in [-0.1, -0.05) is 50.3 Å². The summed E-state index contributed by atoms with van der Waals surface area (Å²) in [7, 11) is 0. The van der Waals surface area contributed by atoms with Gasteiger partial charge in [-0.3, -0.25) is 0 Å². The zero-order valence-corrected chi connectivity index (χ0v) is 7.47. The second-order valence-electron chi connectivity index (χ2n) is 2.72. The van der Waals surface area contributed by atoms with Crippen molar-refractivity contribution in [2.45, 2.75) is 32.6 Å². The van der Waals surface area contributed by atoms with Crippen molar-refractivity contribution in [3.05, 3.63) is 37.0 Å². The molecule has 0 N–H and O–H groups in total. The minimum absolute atomic E-state index is 1.01. The summed E-state index contributed by atoms with van der Waals surface area (Å²) in [4.78, 5) is 0. The molecule has 11 heavy (non-hydrogen) atoms. The van der Waals surface area contributed by atoms with Gasteiger partial charge in [-0.05, 0) is 19.3 Å². The van der Waals surface area contributed by atoms with Crippen molar-refractivity contribution >= 4 is 0 Å². The van der Waals surface area contributed by atoms with E-state index in [0.29, 0.717) is 0 Å². The fraction of sp³-hybridized carbons (Fsp3) is 0.455. The largest absolute Gasteiger partial charge is 0.0995 e. The third-order valence-corrected chi connectivity index (χ3v) is 1.56. The van der Waals surface area contributed by atoms with Crippen molar-refractivity contribution in [2.75, 3.05) is 0 Å². The molecule has 0 heteroatoms. The molecule has 0 aromatic rings. The number of unbranched alkanes of at least 4 members (excludes halogenated alkanes) is 1. The maximum atomic E-state index is 3.98. The molecule has 0 saturated heterocycles. The van der Waals surface area contributed by atoms with Crippen molar-refractivity contribution in [1.29, 1.82) is 0 Å². The molecule has 62 valence electrons. The Hall–Kier alpha value is -0.780. The molecule has 0 saturated carbocycles. The highest BCUT2D eigenvalue weighted by molar-refractivity contribution is 5.06. The minimum atomic E-state index is 1.01. The first-order chi connectivity index (χ1) is 5.31. The van der Waals surface area contributed by atoms with Gasteiger partial charge >= 0.3 is 0 Å². The van der Waals surface area contributed by atoms with E-state index in [0.717, 1.165) is 12.8 Å². The molecule has 0 nitrogen and oxygen atoms in total. The van der Waals surface area contributed by atoms with Gasteiger partial charge in [-0.25, -0.2) is 0 Å². The summed E-state index contributed by atoms with van der Waals surface area (Å²) >= 11 is 0. The lowest BCUT2D eigenvalue weighted by Crippen LogP contribution is -1.78. The summed E-state index contributed by atoms with van der Waals surface area (Å²) in [5.41, 5.74) is 1.32. The zero-order chi connectivity index (χ0) is 8.53. The highest BCUT2D eigenvalue weighted by Crippen LogP contribution is 2.09. The third-order valence-electron chi connectivity index (χ3n) is 1.56. The van der Waals surface area contributed by atoms with E-state index in [-0.39, 0.29) is 0 Å². The van der Waals surface area contributed by atoms with Gasteiger partial charge in [0.15, 0.2) is 0 Å². The van der Waals surface area contributed by atoms with E-state index in [1.807, 2.05) is 6.08 Å². The molecule has 0 atom stereocenters. The molecule has 0 rings (SSSR count). The molecule has 0 amide bonds. The van der Waals surface area contributed by atoms with Crippen LogP contribution in [0.15, 0.2) is 37.0 Å². The Labute approximate surface area is 70.3 Å². The Bertz CT molecular complexity index is 140. The molecule has 0 radical (unpaired) electrons. The summed E-state index contributed by atoms with van der Waals surface area (Å²) < 4.78 is 0. The fourth-order valence-electron chi connectivity index (χ4n) is 0.860. The molecule has 0 fully saturated rings. The Kier molecular flexibility index (Phi) is 6.81. The van der Waals surface area contributed by atoms with Gasteiger partial charge < -0.3 is 0 Å². The monoisotopic (exact) mass is 150 g/mol. The molecular weight excluding hydrogens is 132 g/mol. The molecule has 0 unspecified atom stereocenters.